The number of phenolic OH excluding ortho intramolecular Hbond substituents is 1. The Morgan fingerprint density at radius 2 is 1.58 bits per heavy atom. The van der Waals surface area contributed by atoms with Crippen molar-refractivity contribution in [3.63, 3.8) is 0 Å². The van der Waals surface area contributed by atoms with E-state index in [9.17, 15) is 5.11 Å². The molecule has 5 nitrogen and oxygen atoms in total. The van der Waals surface area contributed by atoms with Gasteiger partial charge in [0.25, 0.3) is 0 Å². The molecule has 0 aliphatic rings. The molecule has 3 aromatic heterocycles. The largest absolute Gasteiger partial charge is 0.506 e. The average molecular weight is 676 g/mol. The van der Waals surface area contributed by atoms with Crippen molar-refractivity contribution >= 4 is 43.5 Å². The molecule has 0 aliphatic carbocycles. The van der Waals surface area contributed by atoms with Crippen molar-refractivity contribution < 1.29 is 30.9 Å². The van der Waals surface area contributed by atoms with Crippen molar-refractivity contribution in [2.24, 2.45) is 0 Å². The van der Waals surface area contributed by atoms with Gasteiger partial charge in [0.05, 0.1) is 0 Å². The van der Waals surface area contributed by atoms with Crippen molar-refractivity contribution in [3.8, 4) is 23.2 Å². The minimum Gasteiger partial charge on any atom is -0.506 e. The van der Waals surface area contributed by atoms with E-state index in [1.54, 1.807) is 6.07 Å². The van der Waals surface area contributed by atoms with E-state index in [4.69, 9.17) is 9.72 Å². The van der Waals surface area contributed by atoms with Gasteiger partial charge in [0.15, 0.2) is 0 Å². The second kappa shape index (κ2) is 9.27. The molecule has 3 heterocycles. The van der Waals surface area contributed by atoms with E-state index in [0.717, 1.165) is 54.9 Å². The Hall–Kier alpha value is -4.21. The van der Waals surface area contributed by atoms with Gasteiger partial charge in [0.2, 0.25) is 5.88 Å². The zero-order valence-electron chi connectivity index (χ0n) is 20.7. The summed E-state index contributed by atoms with van der Waals surface area (Å²) in [7, 11) is 0. The molecule has 0 radical (unpaired) electrons. The van der Waals surface area contributed by atoms with E-state index < -0.39 is 0 Å². The molecule has 7 aromatic rings. The quantitative estimate of drug-likeness (QED) is 0.194. The molecule has 0 amide bonds. The van der Waals surface area contributed by atoms with Crippen LogP contribution in [0.25, 0.3) is 49.3 Å². The SMILES string of the molecule is Cc1cc(Oc2[c-]c3c(cc2)c2cccc(C)c2n3-c2cc3ccccc3cn2)nc2c(O)cccc12.[Pt]. The van der Waals surface area contributed by atoms with Crippen molar-refractivity contribution in [2.75, 3.05) is 0 Å². The fourth-order valence-corrected chi connectivity index (χ4v) is 5.16. The number of aromatic hydroxyl groups is 1. The van der Waals surface area contributed by atoms with Crippen LogP contribution in [0.2, 0.25) is 0 Å². The fraction of sp³-hybridized carbons (Fsp3) is 0.0625. The van der Waals surface area contributed by atoms with Crippen LogP contribution in [0, 0.1) is 19.9 Å². The Bertz CT molecular complexity index is 2010. The molecule has 38 heavy (non-hydrogen) atoms. The molecule has 0 aliphatic heterocycles. The van der Waals surface area contributed by atoms with E-state index in [2.05, 4.69) is 65.0 Å². The summed E-state index contributed by atoms with van der Waals surface area (Å²) >= 11 is 0. The normalized spacial score (nSPS) is 11.3. The van der Waals surface area contributed by atoms with E-state index >= 15 is 0 Å². The maximum atomic E-state index is 10.3. The Morgan fingerprint density at radius 1 is 0.789 bits per heavy atom. The van der Waals surface area contributed by atoms with Crippen LogP contribution in [0.5, 0.6) is 17.4 Å². The van der Waals surface area contributed by atoms with Gasteiger partial charge in [-0.3, -0.25) is 0 Å². The second-order valence-electron chi connectivity index (χ2n) is 9.33. The van der Waals surface area contributed by atoms with Crippen LogP contribution in [0.15, 0.2) is 91.1 Å². The number of nitrogens with zero attached hydrogens (tertiary/aromatic N) is 3. The Morgan fingerprint density at radius 3 is 2.45 bits per heavy atom. The van der Waals surface area contributed by atoms with Crippen LogP contribution in [-0.2, 0) is 21.1 Å². The van der Waals surface area contributed by atoms with Crippen LogP contribution in [-0.4, -0.2) is 19.6 Å². The third-order valence-corrected chi connectivity index (χ3v) is 6.93. The third kappa shape index (κ3) is 3.82. The number of phenols is 1. The molecule has 4 aromatic carbocycles. The molecule has 1 N–H and O–H groups in total. The van der Waals surface area contributed by atoms with Gasteiger partial charge in [-0.15, -0.1) is 17.5 Å². The first kappa shape index (κ1) is 24.1. The van der Waals surface area contributed by atoms with Gasteiger partial charge in [-0.2, -0.15) is 6.07 Å². The number of aryl methyl sites for hydroxylation is 2. The van der Waals surface area contributed by atoms with Gasteiger partial charge in [-0.05, 0) is 47.9 Å². The van der Waals surface area contributed by atoms with Gasteiger partial charge in [0.1, 0.15) is 17.1 Å². The minimum absolute atomic E-state index is 0. The van der Waals surface area contributed by atoms with E-state index in [-0.39, 0.29) is 26.8 Å². The summed E-state index contributed by atoms with van der Waals surface area (Å²) in [5, 5.41) is 15.7. The Labute approximate surface area is 233 Å². The van der Waals surface area contributed by atoms with Gasteiger partial charge in [-0.1, -0.05) is 60.1 Å². The number of benzene rings is 4. The van der Waals surface area contributed by atoms with E-state index in [1.165, 1.54) is 0 Å². The van der Waals surface area contributed by atoms with Crippen molar-refractivity contribution in [2.45, 2.75) is 13.8 Å². The summed E-state index contributed by atoms with van der Waals surface area (Å²) in [5.41, 5.74) is 4.62. The number of pyridine rings is 2. The monoisotopic (exact) mass is 675 g/mol. The molecule has 0 saturated carbocycles. The number of hydrogen-bond donors (Lipinski definition) is 1. The molecular weight excluding hydrogens is 653 g/mol. The molecule has 0 spiro atoms. The van der Waals surface area contributed by atoms with Gasteiger partial charge >= 0.3 is 0 Å². The molecule has 0 saturated heterocycles. The van der Waals surface area contributed by atoms with Gasteiger partial charge < -0.3 is 14.4 Å². The number of hydrogen-bond acceptors (Lipinski definition) is 4. The average Bonchev–Trinajstić information content (AvgIpc) is 3.24. The number of para-hydroxylation sites is 2. The van der Waals surface area contributed by atoms with E-state index in [1.807, 2.05) is 49.5 Å². The zero-order chi connectivity index (χ0) is 25.1. The molecule has 0 unspecified atom stereocenters. The summed E-state index contributed by atoms with van der Waals surface area (Å²) in [4.78, 5) is 9.39. The topological polar surface area (TPSA) is 60.2 Å². The zero-order valence-corrected chi connectivity index (χ0v) is 22.9. The number of aromatic nitrogens is 3. The molecule has 7 rings (SSSR count). The smallest absolute Gasteiger partial charge is 0.217 e. The molecular formula is C32H22N3O2Pt-. The fourth-order valence-electron chi connectivity index (χ4n) is 5.16. The Balaban J connectivity index is 0.00000264. The predicted octanol–water partition coefficient (Wildman–Crippen LogP) is 7.79. The van der Waals surface area contributed by atoms with Crippen molar-refractivity contribution in [1.29, 1.82) is 0 Å². The van der Waals surface area contributed by atoms with Crippen LogP contribution in [0.4, 0.5) is 0 Å². The Kier molecular flexibility index (Phi) is 5.89. The molecule has 0 bridgehead atoms. The first-order valence-electron chi connectivity index (χ1n) is 12.2. The first-order chi connectivity index (χ1) is 18.1. The summed E-state index contributed by atoms with van der Waals surface area (Å²) in [6, 6.07) is 31.4. The summed E-state index contributed by atoms with van der Waals surface area (Å²) < 4.78 is 8.36. The second-order valence-corrected chi connectivity index (χ2v) is 9.33. The first-order valence-corrected chi connectivity index (χ1v) is 12.2. The molecule has 0 fully saturated rings. The maximum Gasteiger partial charge on any atom is 0.217 e. The van der Waals surface area contributed by atoms with Crippen LogP contribution in [0.3, 0.4) is 0 Å². The predicted molar refractivity (Wildman–Crippen MR) is 148 cm³/mol. The number of rotatable bonds is 3. The number of ether oxygens (including phenoxy) is 1. The van der Waals surface area contributed by atoms with Gasteiger partial charge in [-0.25, -0.2) is 9.97 Å². The summed E-state index contributed by atoms with van der Waals surface area (Å²) in [6.07, 6.45) is 1.91. The van der Waals surface area contributed by atoms with Crippen LogP contribution >= 0.6 is 0 Å². The molecule has 6 heteroatoms. The van der Waals surface area contributed by atoms with Gasteiger partial charge in [0, 0.05) is 55.4 Å². The van der Waals surface area contributed by atoms with Crippen molar-refractivity contribution in [1.82, 2.24) is 14.5 Å². The van der Waals surface area contributed by atoms with Crippen LogP contribution < -0.4 is 4.74 Å². The van der Waals surface area contributed by atoms with Crippen molar-refractivity contribution in [3.05, 3.63) is 108 Å². The molecule has 0 atom stereocenters. The molecule has 188 valence electrons. The minimum atomic E-state index is 0. The van der Waals surface area contributed by atoms with Crippen LogP contribution in [0.1, 0.15) is 11.1 Å². The summed E-state index contributed by atoms with van der Waals surface area (Å²) in [6.45, 7) is 4.10. The maximum absolute atomic E-state index is 10.3. The summed E-state index contributed by atoms with van der Waals surface area (Å²) in [5.74, 6) is 1.90. The van der Waals surface area contributed by atoms with E-state index in [0.29, 0.717) is 17.1 Å². The number of fused-ring (bicyclic) bond motifs is 5. The standard InChI is InChI=1S/C32H22N3O2.Pt/c1-19-7-5-11-26-25-14-13-23(37-30-15-20(2)24-10-6-12-28(36)31(24)34-30)17-27(25)35(32(19)26)29-16-21-8-3-4-9-22(21)18-33-29;/h3-16,18,36H,1-2H3;/q-1;. The third-order valence-electron chi connectivity index (χ3n) is 6.93.